The van der Waals surface area contributed by atoms with Crippen LogP contribution in [0.25, 0.3) is 0 Å². The van der Waals surface area contributed by atoms with E-state index in [0.29, 0.717) is 11.5 Å². The van der Waals surface area contributed by atoms with Crippen LogP contribution in [0.5, 0.6) is 0 Å². The molecular weight excluding hydrogens is 272 g/mol. The number of hydrogen-bond acceptors (Lipinski definition) is 4. The summed E-state index contributed by atoms with van der Waals surface area (Å²) >= 11 is 0.989. The van der Waals surface area contributed by atoms with Crippen LogP contribution in [0.2, 0.25) is 0 Å². The molecule has 1 aromatic heterocycles. The Morgan fingerprint density at radius 3 is 2.83 bits per heavy atom. The molecule has 100 valence electrons. The van der Waals surface area contributed by atoms with E-state index in [-0.39, 0.29) is 10.1 Å². The second kappa shape index (κ2) is 4.99. The molecule has 0 saturated carbocycles. The lowest BCUT2D eigenvalue weighted by molar-refractivity contribution is 0.0683. The standard InChI is InChI=1S/C11H16N2O3S2/c1-8-3-2-4-13(6-8)11(14)9-5-10(17-7-9)18(12,15)16/h5,7-8H,2-4,6H2,1H3,(H2,12,15,16)/t8-/m1/s1. The minimum atomic E-state index is -3.71. The van der Waals surface area contributed by atoms with Crippen LogP contribution in [-0.4, -0.2) is 32.3 Å². The average molecular weight is 288 g/mol. The first-order chi connectivity index (χ1) is 8.38. The number of amides is 1. The van der Waals surface area contributed by atoms with Crippen LogP contribution < -0.4 is 5.14 Å². The number of piperidine rings is 1. The number of nitrogens with zero attached hydrogens (tertiary/aromatic N) is 1. The lowest BCUT2D eigenvalue weighted by atomic mass is 10.00. The summed E-state index contributed by atoms with van der Waals surface area (Å²) in [5.74, 6) is 0.395. The summed E-state index contributed by atoms with van der Waals surface area (Å²) in [4.78, 5) is 14.0. The lowest BCUT2D eigenvalue weighted by Crippen LogP contribution is -2.38. The number of carbonyl (C=O) groups is 1. The van der Waals surface area contributed by atoms with Gasteiger partial charge in [0.05, 0.1) is 5.56 Å². The highest BCUT2D eigenvalue weighted by Crippen LogP contribution is 2.22. The quantitative estimate of drug-likeness (QED) is 0.889. The van der Waals surface area contributed by atoms with Gasteiger partial charge in [-0.1, -0.05) is 6.92 Å². The van der Waals surface area contributed by atoms with Crippen molar-refractivity contribution in [2.45, 2.75) is 24.0 Å². The van der Waals surface area contributed by atoms with E-state index in [1.54, 1.807) is 10.3 Å². The Hall–Kier alpha value is -0.920. The number of sulfonamides is 1. The van der Waals surface area contributed by atoms with E-state index in [9.17, 15) is 13.2 Å². The minimum absolute atomic E-state index is 0.0379. The second-order valence-electron chi connectivity index (χ2n) is 4.70. The Bertz CT molecular complexity index is 550. The number of primary sulfonamides is 1. The monoisotopic (exact) mass is 288 g/mol. The molecule has 0 unspecified atom stereocenters. The maximum absolute atomic E-state index is 12.2. The first-order valence-corrected chi connectivity index (χ1v) is 8.21. The van der Waals surface area contributed by atoms with Gasteiger partial charge < -0.3 is 4.90 Å². The Morgan fingerprint density at radius 1 is 1.56 bits per heavy atom. The number of thiophene rings is 1. The Kier molecular flexibility index (Phi) is 3.74. The van der Waals surface area contributed by atoms with Crippen LogP contribution in [0.4, 0.5) is 0 Å². The fraction of sp³-hybridized carbons (Fsp3) is 0.545. The zero-order chi connectivity index (χ0) is 13.3. The van der Waals surface area contributed by atoms with Crippen molar-refractivity contribution in [2.24, 2.45) is 11.1 Å². The molecule has 18 heavy (non-hydrogen) atoms. The zero-order valence-corrected chi connectivity index (χ0v) is 11.8. The predicted octanol–water partition coefficient (Wildman–Crippen LogP) is 1.27. The van der Waals surface area contributed by atoms with E-state index in [2.05, 4.69) is 6.92 Å². The summed E-state index contributed by atoms with van der Waals surface area (Å²) in [5.41, 5.74) is 0.415. The van der Waals surface area contributed by atoms with Crippen molar-refractivity contribution < 1.29 is 13.2 Å². The molecule has 2 N–H and O–H groups in total. The van der Waals surface area contributed by atoms with Crippen LogP contribution >= 0.6 is 11.3 Å². The van der Waals surface area contributed by atoms with E-state index < -0.39 is 10.0 Å². The Balaban J connectivity index is 2.16. The molecule has 1 fully saturated rings. The van der Waals surface area contributed by atoms with Crippen molar-refractivity contribution in [3.8, 4) is 0 Å². The van der Waals surface area contributed by atoms with Crippen LogP contribution in [0.1, 0.15) is 30.1 Å². The molecule has 5 nitrogen and oxygen atoms in total. The van der Waals surface area contributed by atoms with Gasteiger partial charge in [0.15, 0.2) is 0 Å². The molecule has 1 amide bonds. The summed E-state index contributed by atoms with van der Waals surface area (Å²) in [6.45, 7) is 3.59. The third-order valence-electron chi connectivity index (χ3n) is 3.05. The minimum Gasteiger partial charge on any atom is -0.338 e. The molecule has 0 aromatic carbocycles. The molecular formula is C11H16N2O3S2. The fourth-order valence-electron chi connectivity index (χ4n) is 2.13. The molecule has 0 spiro atoms. The lowest BCUT2D eigenvalue weighted by Gasteiger charge is -2.30. The third-order valence-corrected chi connectivity index (χ3v) is 5.43. The van der Waals surface area contributed by atoms with Crippen molar-refractivity contribution in [2.75, 3.05) is 13.1 Å². The molecule has 1 aromatic rings. The van der Waals surface area contributed by atoms with Gasteiger partial charge in [-0.15, -0.1) is 11.3 Å². The van der Waals surface area contributed by atoms with Crippen LogP contribution in [-0.2, 0) is 10.0 Å². The predicted molar refractivity (Wildman–Crippen MR) is 70.0 cm³/mol. The van der Waals surface area contributed by atoms with Crippen molar-refractivity contribution in [1.29, 1.82) is 0 Å². The molecule has 0 radical (unpaired) electrons. The first-order valence-electron chi connectivity index (χ1n) is 5.78. The molecule has 0 bridgehead atoms. The molecule has 1 aliphatic heterocycles. The van der Waals surface area contributed by atoms with Crippen molar-refractivity contribution in [1.82, 2.24) is 4.90 Å². The van der Waals surface area contributed by atoms with Gasteiger partial charge in [-0.2, -0.15) is 0 Å². The number of likely N-dealkylation sites (tertiary alicyclic amines) is 1. The van der Waals surface area contributed by atoms with Gasteiger partial charge in [-0.3, -0.25) is 4.79 Å². The summed E-state index contributed by atoms with van der Waals surface area (Å²) in [7, 11) is -3.71. The van der Waals surface area contributed by atoms with Gasteiger partial charge in [0.1, 0.15) is 4.21 Å². The van der Waals surface area contributed by atoms with Crippen molar-refractivity contribution in [3.63, 3.8) is 0 Å². The number of rotatable bonds is 2. The van der Waals surface area contributed by atoms with E-state index in [0.717, 1.165) is 37.3 Å². The van der Waals surface area contributed by atoms with Crippen LogP contribution in [0, 0.1) is 5.92 Å². The highest BCUT2D eigenvalue weighted by Gasteiger charge is 2.24. The fourth-order valence-corrected chi connectivity index (χ4v) is 3.71. The average Bonchev–Trinajstić information content (AvgIpc) is 2.77. The molecule has 2 rings (SSSR count). The SMILES string of the molecule is C[C@@H]1CCCN(C(=O)c2csc(S(N)(=O)=O)c2)C1. The number of hydrogen-bond donors (Lipinski definition) is 1. The van der Waals surface area contributed by atoms with Crippen LogP contribution in [0.3, 0.4) is 0 Å². The van der Waals surface area contributed by atoms with Gasteiger partial charge in [0.2, 0.25) is 10.0 Å². The van der Waals surface area contributed by atoms with Crippen LogP contribution in [0.15, 0.2) is 15.7 Å². The summed E-state index contributed by atoms with van der Waals surface area (Å²) in [5, 5.41) is 6.59. The number of nitrogens with two attached hydrogens (primary N) is 1. The molecule has 2 heterocycles. The van der Waals surface area contributed by atoms with Gasteiger partial charge >= 0.3 is 0 Å². The van der Waals surface area contributed by atoms with Gasteiger partial charge in [-0.05, 0) is 24.8 Å². The molecule has 7 heteroatoms. The molecule has 1 saturated heterocycles. The van der Waals surface area contributed by atoms with Crippen molar-refractivity contribution >= 4 is 27.3 Å². The molecule has 0 aliphatic carbocycles. The maximum Gasteiger partial charge on any atom is 0.254 e. The largest absolute Gasteiger partial charge is 0.338 e. The zero-order valence-electron chi connectivity index (χ0n) is 10.1. The van der Waals surface area contributed by atoms with E-state index in [4.69, 9.17) is 5.14 Å². The highest BCUT2D eigenvalue weighted by atomic mass is 32.2. The maximum atomic E-state index is 12.2. The third kappa shape index (κ3) is 2.90. The number of carbonyl (C=O) groups excluding carboxylic acids is 1. The summed E-state index contributed by atoms with van der Waals surface area (Å²) < 4.78 is 22.4. The van der Waals surface area contributed by atoms with Gasteiger partial charge in [-0.25, -0.2) is 13.6 Å². The summed E-state index contributed by atoms with van der Waals surface area (Å²) in [6.07, 6.45) is 2.13. The first kappa shape index (κ1) is 13.5. The van der Waals surface area contributed by atoms with E-state index >= 15 is 0 Å². The normalized spacial score (nSPS) is 21.0. The Morgan fingerprint density at radius 2 is 2.28 bits per heavy atom. The van der Waals surface area contributed by atoms with E-state index in [1.165, 1.54) is 6.07 Å². The van der Waals surface area contributed by atoms with Gasteiger partial charge in [0.25, 0.3) is 5.91 Å². The molecule has 1 aliphatic rings. The summed E-state index contributed by atoms with van der Waals surface area (Å²) in [6, 6.07) is 1.36. The topological polar surface area (TPSA) is 80.5 Å². The molecule has 1 atom stereocenters. The highest BCUT2D eigenvalue weighted by molar-refractivity contribution is 7.91. The van der Waals surface area contributed by atoms with Gasteiger partial charge in [0, 0.05) is 18.5 Å². The van der Waals surface area contributed by atoms with E-state index in [1.807, 2.05) is 0 Å². The van der Waals surface area contributed by atoms with Crippen molar-refractivity contribution in [3.05, 3.63) is 17.0 Å². The Labute approximate surface area is 111 Å². The second-order valence-corrected chi connectivity index (χ2v) is 7.40. The smallest absolute Gasteiger partial charge is 0.254 e.